The van der Waals surface area contributed by atoms with Gasteiger partial charge in [0.25, 0.3) is 0 Å². The van der Waals surface area contributed by atoms with Crippen LogP contribution in [0.15, 0.2) is 18.2 Å². The molecule has 0 spiro atoms. The number of nitrogens with one attached hydrogen (secondary N) is 2. The lowest BCUT2D eigenvalue weighted by Gasteiger charge is -2.22. The number of hydrogen-bond donors (Lipinski definition) is 2. The lowest BCUT2D eigenvalue weighted by Crippen LogP contribution is -2.30. The number of carbonyl (C=O) groups excluding carboxylic acids is 1. The highest BCUT2D eigenvalue weighted by Crippen LogP contribution is 2.25. The predicted molar refractivity (Wildman–Crippen MR) is 87.2 cm³/mol. The zero-order valence-corrected chi connectivity index (χ0v) is 13.2. The van der Waals surface area contributed by atoms with Crippen LogP contribution in [0.4, 0.5) is 0 Å². The monoisotopic (exact) mass is 302 g/mol. The Morgan fingerprint density at radius 1 is 1.32 bits per heavy atom. The van der Waals surface area contributed by atoms with Gasteiger partial charge in [0.15, 0.2) is 0 Å². The molecule has 0 bridgehead atoms. The molecule has 2 heterocycles. The predicted octanol–water partition coefficient (Wildman–Crippen LogP) is 2.06. The molecule has 22 heavy (non-hydrogen) atoms. The Labute approximate surface area is 132 Å². The second kappa shape index (κ2) is 7.63. The van der Waals surface area contributed by atoms with E-state index in [2.05, 4.69) is 28.8 Å². The maximum atomic E-state index is 11.9. The molecule has 1 aromatic carbocycles. The van der Waals surface area contributed by atoms with Crippen LogP contribution in [0.5, 0.6) is 5.75 Å². The maximum absolute atomic E-state index is 11.9. The number of amides is 1. The molecule has 0 aliphatic carbocycles. The minimum Gasteiger partial charge on any atom is -0.493 e. The Bertz CT molecular complexity index is 510. The Kier molecular flexibility index (Phi) is 5.33. The number of fused-ring (bicyclic) bond motifs is 1. The topological polar surface area (TPSA) is 50.4 Å². The zero-order valence-electron chi connectivity index (χ0n) is 13.2. The van der Waals surface area contributed by atoms with Crippen molar-refractivity contribution in [1.29, 1.82) is 0 Å². The van der Waals surface area contributed by atoms with E-state index in [9.17, 15) is 4.79 Å². The molecule has 0 saturated carbocycles. The Morgan fingerprint density at radius 3 is 3.05 bits per heavy atom. The van der Waals surface area contributed by atoms with Crippen molar-refractivity contribution in [3.05, 3.63) is 29.3 Å². The molecule has 0 atom stereocenters. The smallest absolute Gasteiger partial charge is 0.220 e. The normalized spacial score (nSPS) is 17.8. The third kappa shape index (κ3) is 4.23. The second-order valence-corrected chi connectivity index (χ2v) is 6.37. The molecule has 2 aliphatic rings. The molecule has 0 radical (unpaired) electrons. The van der Waals surface area contributed by atoms with Gasteiger partial charge in [-0.1, -0.05) is 12.1 Å². The van der Waals surface area contributed by atoms with Gasteiger partial charge in [-0.3, -0.25) is 4.79 Å². The number of benzene rings is 1. The van der Waals surface area contributed by atoms with Crippen LogP contribution in [0, 0.1) is 5.92 Å². The highest BCUT2D eigenvalue weighted by atomic mass is 16.5. The summed E-state index contributed by atoms with van der Waals surface area (Å²) in [6, 6.07) is 6.37. The van der Waals surface area contributed by atoms with Gasteiger partial charge in [-0.15, -0.1) is 0 Å². The number of hydrogen-bond acceptors (Lipinski definition) is 3. The van der Waals surface area contributed by atoms with Crippen molar-refractivity contribution in [2.45, 2.75) is 38.5 Å². The minimum absolute atomic E-state index is 0.197. The molecule has 1 saturated heterocycles. The third-order valence-corrected chi connectivity index (χ3v) is 4.73. The van der Waals surface area contributed by atoms with Crippen molar-refractivity contribution in [2.75, 3.05) is 26.2 Å². The zero-order chi connectivity index (χ0) is 15.2. The summed E-state index contributed by atoms with van der Waals surface area (Å²) in [7, 11) is 0. The summed E-state index contributed by atoms with van der Waals surface area (Å²) in [6.45, 7) is 3.74. The average Bonchev–Trinajstić information content (AvgIpc) is 3.02. The van der Waals surface area contributed by atoms with Crippen LogP contribution >= 0.6 is 0 Å². The van der Waals surface area contributed by atoms with Crippen LogP contribution < -0.4 is 15.4 Å². The van der Waals surface area contributed by atoms with E-state index in [1.165, 1.54) is 24.0 Å². The van der Waals surface area contributed by atoms with Crippen molar-refractivity contribution >= 4 is 5.91 Å². The summed E-state index contributed by atoms with van der Waals surface area (Å²) >= 11 is 0. The van der Waals surface area contributed by atoms with Crippen molar-refractivity contribution in [1.82, 2.24) is 10.6 Å². The SMILES string of the molecule is O=C(CCC1CCNCC1)NCCc1ccc2c(c1)CCO2. The number of ether oxygens (including phenoxy) is 1. The van der Waals surface area contributed by atoms with Gasteiger partial charge < -0.3 is 15.4 Å². The van der Waals surface area contributed by atoms with Crippen LogP contribution in [0.25, 0.3) is 0 Å². The number of carbonyl (C=O) groups is 1. The molecular weight excluding hydrogens is 276 g/mol. The van der Waals surface area contributed by atoms with Gasteiger partial charge in [0.1, 0.15) is 5.75 Å². The quantitative estimate of drug-likeness (QED) is 0.846. The molecular formula is C18H26N2O2. The van der Waals surface area contributed by atoms with E-state index in [-0.39, 0.29) is 5.91 Å². The summed E-state index contributed by atoms with van der Waals surface area (Å²) < 4.78 is 5.51. The van der Waals surface area contributed by atoms with E-state index in [0.717, 1.165) is 57.2 Å². The van der Waals surface area contributed by atoms with Crippen molar-refractivity contribution < 1.29 is 9.53 Å². The summed E-state index contributed by atoms with van der Waals surface area (Å²) in [5.74, 6) is 1.95. The lowest BCUT2D eigenvalue weighted by atomic mass is 9.93. The van der Waals surface area contributed by atoms with Crippen LogP contribution in [0.3, 0.4) is 0 Å². The van der Waals surface area contributed by atoms with Crippen LogP contribution in [-0.4, -0.2) is 32.1 Å². The number of piperidine rings is 1. The van der Waals surface area contributed by atoms with Gasteiger partial charge in [-0.25, -0.2) is 0 Å². The largest absolute Gasteiger partial charge is 0.493 e. The highest BCUT2D eigenvalue weighted by Gasteiger charge is 2.14. The Hall–Kier alpha value is -1.55. The van der Waals surface area contributed by atoms with Crippen molar-refractivity contribution in [3.63, 3.8) is 0 Å². The summed E-state index contributed by atoms with van der Waals surface area (Å²) in [4.78, 5) is 11.9. The van der Waals surface area contributed by atoms with E-state index >= 15 is 0 Å². The van der Waals surface area contributed by atoms with E-state index < -0.39 is 0 Å². The maximum Gasteiger partial charge on any atom is 0.220 e. The lowest BCUT2D eigenvalue weighted by molar-refractivity contribution is -0.121. The summed E-state index contributed by atoms with van der Waals surface area (Å²) in [5.41, 5.74) is 2.58. The molecule has 1 amide bonds. The minimum atomic E-state index is 0.197. The fourth-order valence-corrected chi connectivity index (χ4v) is 3.34. The van der Waals surface area contributed by atoms with E-state index in [4.69, 9.17) is 4.74 Å². The summed E-state index contributed by atoms with van der Waals surface area (Å²) in [6.07, 6.45) is 6.03. The fraction of sp³-hybridized carbons (Fsp3) is 0.611. The molecule has 2 N–H and O–H groups in total. The molecule has 0 unspecified atom stereocenters. The van der Waals surface area contributed by atoms with E-state index in [1.54, 1.807) is 0 Å². The molecule has 120 valence electrons. The number of rotatable bonds is 6. The second-order valence-electron chi connectivity index (χ2n) is 6.37. The standard InChI is InChI=1S/C18H26N2O2/c21-18(4-2-14-5-9-19-10-6-14)20-11-7-15-1-3-17-16(13-15)8-12-22-17/h1,3,13-14,19H,2,4-12H2,(H,20,21). The van der Waals surface area contributed by atoms with Crippen molar-refractivity contribution in [2.24, 2.45) is 5.92 Å². The molecule has 2 aliphatic heterocycles. The first kappa shape index (κ1) is 15.3. The fourth-order valence-electron chi connectivity index (χ4n) is 3.34. The van der Waals surface area contributed by atoms with Crippen LogP contribution in [0.2, 0.25) is 0 Å². The first-order chi connectivity index (χ1) is 10.8. The van der Waals surface area contributed by atoms with Gasteiger partial charge in [0, 0.05) is 19.4 Å². The average molecular weight is 302 g/mol. The molecule has 4 heteroatoms. The Morgan fingerprint density at radius 2 is 2.18 bits per heavy atom. The van der Waals surface area contributed by atoms with Gasteiger partial charge >= 0.3 is 0 Å². The molecule has 1 aromatic rings. The third-order valence-electron chi connectivity index (χ3n) is 4.73. The Balaban J connectivity index is 1.34. The van der Waals surface area contributed by atoms with E-state index in [1.807, 2.05) is 0 Å². The molecule has 0 aromatic heterocycles. The van der Waals surface area contributed by atoms with E-state index in [0.29, 0.717) is 6.42 Å². The molecule has 4 nitrogen and oxygen atoms in total. The van der Waals surface area contributed by atoms with Gasteiger partial charge in [0.2, 0.25) is 5.91 Å². The molecule has 3 rings (SSSR count). The first-order valence-corrected chi connectivity index (χ1v) is 8.53. The highest BCUT2D eigenvalue weighted by molar-refractivity contribution is 5.75. The van der Waals surface area contributed by atoms with Crippen LogP contribution in [0.1, 0.15) is 36.8 Å². The van der Waals surface area contributed by atoms with Gasteiger partial charge in [0.05, 0.1) is 6.61 Å². The molecule has 1 fully saturated rings. The van der Waals surface area contributed by atoms with Gasteiger partial charge in [-0.05, 0) is 61.9 Å². The van der Waals surface area contributed by atoms with Crippen LogP contribution in [-0.2, 0) is 17.6 Å². The van der Waals surface area contributed by atoms with Crippen molar-refractivity contribution in [3.8, 4) is 5.75 Å². The summed E-state index contributed by atoms with van der Waals surface area (Å²) in [5, 5.41) is 6.42. The van der Waals surface area contributed by atoms with Gasteiger partial charge in [-0.2, -0.15) is 0 Å². The first-order valence-electron chi connectivity index (χ1n) is 8.53.